The number of hydrogen-bond donors (Lipinski definition) is 1. The van der Waals surface area contributed by atoms with Crippen LogP contribution in [0.25, 0.3) is 10.9 Å². The van der Waals surface area contributed by atoms with Crippen molar-refractivity contribution in [3.8, 4) is 0 Å². The van der Waals surface area contributed by atoms with Crippen LogP contribution in [0.1, 0.15) is 65.7 Å². The van der Waals surface area contributed by atoms with Gasteiger partial charge in [-0.2, -0.15) is 0 Å². The van der Waals surface area contributed by atoms with Gasteiger partial charge in [-0.05, 0) is 75.6 Å². The summed E-state index contributed by atoms with van der Waals surface area (Å²) in [4.78, 5) is 20.4. The Morgan fingerprint density at radius 1 is 1.23 bits per heavy atom. The van der Waals surface area contributed by atoms with Crippen molar-refractivity contribution in [1.82, 2.24) is 9.88 Å². The zero-order valence-corrected chi connectivity index (χ0v) is 16.0. The fourth-order valence-corrected chi connectivity index (χ4v) is 4.42. The summed E-state index contributed by atoms with van der Waals surface area (Å²) in [7, 11) is 0. The Kier molecular flexibility index (Phi) is 4.47. The van der Waals surface area contributed by atoms with Gasteiger partial charge in [0, 0.05) is 36.2 Å². The topological polar surface area (TPSA) is 53.4 Å². The van der Waals surface area contributed by atoms with E-state index in [1.165, 1.54) is 18.4 Å². The molecule has 138 valence electrons. The molecule has 1 saturated carbocycles. The molecule has 1 aliphatic heterocycles. The van der Waals surface area contributed by atoms with E-state index < -0.39 is 0 Å². The number of nitrogens with zero attached hydrogens (tertiary/aromatic N) is 2. The van der Waals surface area contributed by atoms with Crippen molar-refractivity contribution in [2.45, 2.75) is 58.4 Å². The van der Waals surface area contributed by atoms with Gasteiger partial charge in [0.15, 0.2) is 0 Å². The molecule has 4 nitrogen and oxygen atoms in total. The number of carbonyl (C=O) groups is 1. The first-order valence-electron chi connectivity index (χ1n) is 9.81. The number of aliphatic hydroxyl groups is 1. The second-order valence-electron chi connectivity index (χ2n) is 8.27. The lowest BCUT2D eigenvalue weighted by molar-refractivity contribution is 0.0517. The van der Waals surface area contributed by atoms with E-state index in [9.17, 15) is 9.90 Å². The van der Waals surface area contributed by atoms with E-state index in [1.54, 1.807) is 0 Å². The lowest BCUT2D eigenvalue weighted by Crippen LogP contribution is -2.45. The van der Waals surface area contributed by atoms with Crippen LogP contribution in [-0.4, -0.2) is 40.1 Å². The molecule has 2 atom stereocenters. The Bertz CT molecular complexity index is 857. The maximum absolute atomic E-state index is 13.5. The molecule has 2 aromatic rings. The number of fused-ring (bicyclic) bond motifs is 1. The van der Waals surface area contributed by atoms with Gasteiger partial charge in [-0.3, -0.25) is 9.78 Å². The number of rotatable bonds is 3. The van der Waals surface area contributed by atoms with Gasteiger partial charge in [-0.15, -0.1) is 0 Å². The maximum atomic E-state index is 13.5. The third-order valence-corrected chi connectivity index (χ3v) is 6.00. The molecule has 0 unspecified atom stereocenters. The summed E-state index contributed by atoms with van der Waals surface area (Å²) in [5.74, 6) is 0.953. The van der Waals surface area contributed by atoms with Gasteiger partial charge < -0.3 is 10.0 Å². The van der Waals surface area contributed by atoms with Crippen molar-refractivity contribution in [3.05, 3.63) is 40.6 Å². The van der Waals surface area contributed by atoms with Crippen LogP contribution in [0.15, 0.2) is 18.2 Å². The number of aliphatic hydroxyl groups excluding tert-OH is 1. The van der Waals surface area contributed by atoms with Gasteiger partial charge in [0.05, 0.1) is 11.1 Å². The molecule has 1 aromatic heterocycles. The van der Waals surface area contributed by atoms with Crippen LogP contribution in [0.3, 0.4) is 0 Å². The Hall–Kier alpha value is -1.94. The number of carbonyl (C=O) groups excluding carboxylic acids is 1. The molecular formula is C22H28N2O2. The molecule has 0 bridgehead atoms. The van der Waals surface area contributed by atoms with Gasteiger partial charge in [0.1, 0.15) is 0 Å². The molecule has 1 saturated heterocycles. The number of amides is 1. The van der Waals surface area contributed by atoms with Gasteiger partial charge >= 0.3 is 0 Å². The van der Waals surface area contributed by atoms with Crippen LogP contribution in [-0.2, 0) is 0 Å². The van der Waals surface area contributed by atoms with Crippen LogP contribution in [0.4, 0.5) is 0 Å². The molecule has 1 aliphatic carbocycles. The highest BCUT2D eigenvalue weighted by atomic mass is 16.3. The van der Waals surface area contributed by atoms with Crippen molar-refractivity contribution >= 4 is 16.8 Å². The Balaban J connectivity index is 1.78. The zero-order valence-electron chi connectivity index (χ0n) is 16.0. The predicted octanol–water partition coefficient (Wildman–Crippen LogP) is 3.96. The maximum Gasteiger partial charge on any atom is 0.254 e. The third kappa shape index (κ3) is 3.11. The second kappa shape index (κ2) is 6.66. The normalized spacial score (nSPS) is 23.5. The molecule has 26 heavy (non-hydrogen) atoms. The standard InChI is InChI=1S/C22H28N2O2/c1-13-8-14(2)21-18(11-19(17-4-5-17)23-20(21)9-13)22(26)24-7-6-16(12-25)10-15(24)3/h8-9,11,15-17,25H,4-7,10,12H2,1-3H3/t15-,16-/m0/s1. The van der Waals surface area contributed by atoms with Gasteiger partial charge in [0.2, 0.25) is 0 Å². The molecule has 1 amide bonds. The highest BCUT2D eigenvalue weighted by molar-refractivity contribution is 6.07. The van der Waals surface area contributed by atoms with E-state index in [0.29, 0.717) is 11.8 Å². The third-order valence-electron chi connectivity index (χ3n) is 6.00. The molecule has 4 rings (SSSR count). The van der Waals surface area contributed by atoms with Crippen LogP contribution >= 0.6 is 0 Å². The van der Waals surface area contributed by atoms with Crippen LogP contribution in [0.2, 0.25) is 0 Å². The molecule has 0 spiro atoms. The Morgan fingerprint density at radius 3 is 2.65 bits per heavy atom. The summed E-state index contributed by atoms with van der Waals surface area (Å²) in [6.45, 7) is 7.20. The van der Waals surface area contributed by atoms with Crippen LogP contribution in [0.5, 0.6) is 0 Å². The summed E-state index contributed by atoms with van der Waals surface area (Å²) in [5, 5.41) is 10.4. The Labute approximate surface area is 155 Å². The van der Waals surface area contributed by atoms with Crippen molar-refractivity contribution in [3.63, 3.8) is 0 Å². The van der Waals surface area contributed by atoms with Crippen molar-refractivity contribution < 1.29 is 9.90 Å². The number of hydrogen-bond acceptors (Lipinski definition) is 3. The van der Waals surface area contributed by atoms with Crippen molar-refractivity contribution in [1.29, 1.82) is 0 Å². The first kappa shape index (κ1) is 17.5. The van der Waals surface area contributed by atoms with Crippen molar-refractivity contribution in [2.24, 2.45) is 5.92 Å². The fourth-order valence-electron chi connectivity index (χ4n) is 4.42. The summed E-state index contributed by atoms with van der Waals surface area (Å²) in [5.41, 5.74) is 5.14. The number of aryl methyl sites for hydroxylation is 2. The van der Waals surface area contributed by atoms with E-state index in [4.69, 9.17) is 4.98 Å². The molecule has 2 fully saturated rings. The molecule has 1 N–H and O–H groups in total. The first-order valence-corrected chi connectivity index (χ1v) is 9.81. The van der Waals surface area contributed by atoms with E-state index in [0.717, 1.165) is 47.1 Å². The molecule has 4 heteroatoms. The van der Waals surface area contributed by atoms with Crippen molar-refractivity contribution in [2.75, 3.05) is 13.2 Å². The SMILES string of the molecule is Cc1cc(C)c2c(C(=O)N3CC[C@H](CO)C[C@@H]3C)cc(C3CC3)nc2c1. The molecule has 2 aliphatic rings. The van der Waals surface area contributed by atoms with Crippen LogP contribution < -0.4 is 0 Å². The highest BCUT2D eigenvalue weighted by Gasteiger charge is 2.32. The predicted molar refractivity (Wildman–Crippen MR) is 104 cm³/mol. The summed E-state index contributed by atoms with van der Waals surface area (Å²) >= 11 is 0. The minimum absolute atomic E-state index is 0.121. The lowest BCUT2D eigenvalue weighted by atomic mass is 9.91. The summed E-state index contributed by atoms with van der Waals surface area (Å²) in [6, 6.07) is 6.45. The average Bonchev–Trinajstić information content (AvgIpc) is 3.44. The fraction of sp³-hybridized carbons (Fsp3) is 0.545. The van der Waals surface area contributed by atoms with E-state index >= 15 is 0 Å². The molecule has 1 aromatic carbocycles. The number of aromatic nitrogens is 1. The minimum atomic E-state index is 0.121. The van der Waals surface area contributed by atoms with E-state index in [1.807, 2.05) is 4.90 Å². The number of piperidine rings is 1. The largest absolute Gasteiger partial charge is 0.396 e. The minimum Gasteiger partial charge on any atom is -0.396 e. The molecule has 2 heterocycles. The van der Waals surface area contributed by atoms with Gasteiger partial charge in [-0.25, -0.2) is 0 Å². The quantitative estimate of drug-likeness (QED) is 0.909. The summed E-state index contributed by atoms with van der Waals surface area (Å²) < 4.78 is 0. The molecule has 0 radical (unpaired) electrons. The number of likely N-dealkylation sites (tertiary alicyclic amines) is 1. The monoisotopic (exact) mass is 352 g/mol. The average molecular weight is 352 g/mol. The van der Waals surface area contributed by atoms with E-state index in [-0.39, 0.29) is 18.6 Å². The number of pyridine rings is 1. The Morgan fingerprint density at radius 2 is 2.00 bits per heavy atom. The molecular weight excluding hydrogens is 324 g/mol. The zero-order chi connectivity index (χ0) is 18.4. The lowest BCUT2D eigenvalue weighted by Gasteiger charge is -2.37. The smallest absolute Gasteiger partial charge is 0.254 e. The second-order valence-corrected chi connectivity index (χ2v) is 8.27. The van der Waals surface area contributed by atoms with Gasteiger partial charge in [0.25, 0.3) is 5.91 Å². The summed E-state index contributed by atoms with van der Waals surface area (Å²) in [6.07, 6.45) is 4.10. The first-order chi connectivity index (χ1) is 12.5. The van der Waals surface area contributed by atoms with E-state index in [2.05, 4.69) is 39.0 Å². The van der Waals surface area contributed by atoms with Crippen LogP contribution in [0, 0.1) is 19.8 Å². The number of benzene rings is 1. The van der Waals surface area contributed by atoms with Gasteiger partial charge in [-0.1, -0.05) is 6.07 Å². The highest BCUT2D eigenvalue weighted by Crippen LogP contribution is 2.41.